The Bertz CT molecular complexity index is 403. The Kier molecular flexibility index (Phi) is 3.79. The van der Waals surface area contributed by atoms with E-state index in [1.54, 1.807) is 0 Å². The molecule has 2 rings (SSSR count). The van der Waals surface area contributed by atoms with Gasteiger partial charge in [0.1, 0.15) is 0 Å². The van der Waals surface area contributed by atoms with Gasteiger partial charge in [0.15, 0.2) is 0 Å². The third kappa shape index (κ3) is 2.50. The fraction of sp³-hybridized carbons (Fsp3) is 0.500. The number of piperidine rings is 1. The van der Waals surface area contributed by atoms with Gasteiger partial charge in [0.05, 0.1) is 6.04 Å². The highest BCUT2D eigenvalue weighted by Crippen LogP contribution is 2.25. The number of amides is 1. The summed E-state index contributed by atoms with van der Waals surface area (Å²) in [6.45, 7) is 2.95. The lowest BCUT2D eigenvalue weighted by atomic mass is 10.0. The SMILES string of the molecule is CCCc1ccccc1N1CCCC(N)C1=O. The number of para-hydroxylation sites is 1. The molecule has 0 radical (unpaired) electrons. The van der Waals surface area contributed by atoms with Crippen molar-refractivity contribution in [3.05, 3.63) is 29.8 Å². The van der Waals surface area contributed by atoms with Gasteiger partial charge in [-0.3, -0.25) is 4.79 Å². The average molecular weight is 232 g/mol. The topological polar surface area (TPSA) is 46.3 Å². The lowest BCUT2D eigenvalue weighted by Crippen LogP contribution is -2.48. The van der Waals surface area contributed by atoms with Gasteiger partial charge >= 0.3 is 0 Å². The minimum absolute atomic E-state index is 0.0693. The van der Waals surface area contributed by atoms with E-state index >= 15 is 0 Å². The number of hydrogen-bond donors (Lipinski definition) is 1. The van der Waals surface area contributed by atoms with Gasteiger partial charge in [-0.25, -0.2) is 0 Å². The molecule has 0 aromatic heterocycles. The van der Waals surface area contributed by atoms with Crippen LogP contribution in [0.5, 0.6) is 0 Å². The first-order valence-corrected chi connectivity index (χ1v) is 6.39. The highest BCUT2D eigenvalue weighted by atomic mass is 16.2. The van der Waals surface area contributed by atoms with E-state index in [2.05, 4.69) is 13.0 Å². The minimum atomic E-state index is -0.321. The number of nitrogens with zero attached hydrogens (tertiary/aromatic N) is 1. The zero-order valence-electron chi connectivity index (χ0n) is 10.4. The summed E-state index contributed by atoms with van der Waals surface area (Å²) < 4.78 is 0. The van der Waals surface area contributed by atoms with Crippen LogP contribution < -0.4 is 10.6 Å². The average Bonchev–Trinajstić information content (AvgIpc) is 2.34. The first-order chi connectivity index (χ1) is 8.24. The number of anilines is 1. The maximum absolute atomic E-state index is 12.1. The van der Waals surface area contributed by atoms with Crippen LogP contribution in [0.25, 0.3) is 0 Å². The van der Waals surface area contributed by atoms with E-state index in [0.29, 0.717) is 0 Å². The highest BCUT2D eigenvalue weighted by Gasteiger charge is 2.27. The number of rotatable bonds is 3. The summed E-state index contributed by atoms with van der Waals surface area (Å²) in [7, 11) is 0. The fourth-order valence-electron chi connectivity index (χ4n) is 2.40. The normalized spacial score (nSPS) is 20.7. The highest BCUT2D eigenvalue weighted by molar-refractivity contribution is 5.98. The summed E-state index contributed by atoms with van der Waals surface area (Å²) in [6, 6.07) is 7.83. The molecule has 1 amide bonds. The van der Waals surface area contributed by atoms with Crippen LogP contribution in [-0.4, -0.2) is 18.5 Å². The fourth-order valence-corrected chi connectivity index (χ4v) is 2.40. The van der Waals surface area contributed by atoms with Crippen molar-refractivity contribution in [2.75, 3.05) is 11.4 Å². The predicted molar refractivity (Wildman–Crippen MR) is 70.0 cm³/mol. The first-order valence-electron chi connectivity index (χ1n) is 6.39. The van der Waals surface area contributed by atoms with Crippen molar-refractivity contribution in [1.29, 1.82) is 0 Å². The van der Waals surface area contributed by atoms with Crippen LogP contribution in [0.15, 0.2) is 24.3 Å². The van der Waals surface area contributed by atoms with Gasteiger partial charge in [-0.1, -0.05) is 31.5 Å². The Morgan fingerprint density at radius 2 is 2.18 bits per heavy atom. The molecule has 0 aliphatic carbocycles. The Hall–Kier alpha value is -1.35. The van der Waals surface area contributed by atoms with Crippen LogP contribution in [0.1, 0.15) is 31.7 Å². The molecule has 3 heteroatoms. The van der Waals surface area contributed by atoms with E-state index in [1.165, 1.54) is 5.56 Å². The predicted octanol–water partition coefficient (Wildman–Crippen LogP) is 2.09. The molecule has 92 valence electrons. The third-order valence-electron chi connectivity index (χ3n) is 3.28. The number of aryl methyl sites for hydroxylation is 1. The van der Waals surface area contributed by atoms with Crippen molar-refractivity contribution in [3.63, 3.8) is 0 Å². The molecular formula is C14H20N2O. The molecule has 0 saturated carbocycles. The quantitative estimate of drug-likeness (QED) is 0.867. The molecule has 1 aromatic carbocycles. The summed E-state index contributed by atoms with van der Waals surface area (Å²) >= 11 is 0. The molecule has 0 spiro atoms. The van der Waals surface area contributed by atoms with Crippen molar-refractivity contribution >= 4 is 11.6 Å². The van der Waals surface area contributed by atoms with Gasteiger partial charge in [-0.2, -0.15) is 0 Å². The Labute approximate surface area is 103 Å². The lowest BCUT2D eigenvalue weighted by Gasteiger charge is -2.32. The van der Waals surface area contributed by atoms with Crippen LogP contribution in [-0.2, 0) is 11.2 Å². The first kappa shape index (κ1) is 12.1. The monoisotopic (exact) mass is 232 g/mol. The molecule has 1 atom stereocenters. The summed E-state index contributed by atoms with van der Waals surface area (Å²) in [5.41, 5.74) is 8.14. The van der Waals surface area contributed by atoms with Gasteiger partial charge in [0.25, 0.3) is 0 Å². The molecule has 1 saturated heterocycles. The molecule has 1 aliphatic rings. The lowest BCUT2D eigenvalue weighted by molar-refractivity contribution is -0.120. The van der Waals surface area contributed by atoms with Crippen molar-refractivity contribution in [2.24, 2.45) is 5.73 Å². The van der Waals surface area contributed by atoms with Gasteiger partial charge in [0.2, 0.25) is 5.91 Å². The Morgan fingerprint density at radius 3 is 2.94 bits per heavy atom. The second-order valence-corrected chi connectivity index (χ2v) is 4.62. The molecule has 1 aliphatic heterocycles. The van der Waals surface area contributed by atoms with Crippen molar-refractivity contribution in [3.8, 4) is 0 Å². The van der Waals surface area contributed by atoms with Crippen molar-refractivity contribution in [1.82, 2.24) is 0 Å². The standard InChI is InChI=1S/C14H20N2O/c1-2-6-11-7-3-4-9-13(11)16-10-5-8-12(15)14(16)17/h3-4,7,9,12H,2,5-6,8,10,15H2,1H3. The van der Waals surface area contributed by atoms with E-state index in [-0.39, 0.29) is 11.9 Å². The molecule has 1 unspecified atom stereocenters. The molecule has 2 N–H and O–H groups in total. The van der Waals surface area contributed by atoms with Gasteiger partial charge < -0.3 is 10.6 Å². The van der Waals surface area contributed by atoms with Crippen molar-refractivity contribution < 1.29 is 4.79 Å². The summed E-state index contributed by atoms with van der Waals surface area (Å²) in [5.74, 6) is 0.0693. The molecule has 0 bridgehead atoms. The second kappa shape index (κ2) is 5.32. The summed E-state index contributed by atoms with van der Waals surface area (Å²) in [6.07, 6.45) is 3.90. The summed E-state index contributed by atoms with van der Waals surface area (Å²) in [5, 5.41) is 0. The molecule has 1 fully saturated rings. The maximum atomic E-state index is 12.1. The van der Waals surface area contributed by atoms with Crippen LogP contribution >= 0.6 is 0 Å². The largest absolute Gasteiger partial charge is 0.320 e. The Balaban J connectivity index is 2.29. The maximum Gasteiger partial charge on any atom is 0.243 e. The minimum Gasteiger partial charge on any atom is -0.320 e. The molecule has 17 heavy (non-hydrogen) atoms. The smallest absolute Gasteiger partial charge is 0.243 e. The summed E-state index contributed by atoms with van der Waals surface area (Å²) in [4.78, 5) is 13.9. The third-order valence-corrected chi connectivity index (χ3v) is 3.28. The zero-order valence-corrected chi connectivity index (χ0v) is 10.4. The number of nitrogens with two attached hydrogens (primary N) is 1. The zero-order chi connectivity index (χ0) is 12.3. The van der Waals surface area contributed by atoms with Crippen LogP contribution in [0, 0.1) is 0 Å². The number of carbonyl (C=O) groups is 1. The van der Waals surface area contributed by atoms with Crippen molar-refractivity contribution in [2.45, 2.75) is 38.6 Å². The molecular weight excluding hydrogens is 212 g/mol. The van der Waals surface area contributed by atoms with Gasteiger partial charge in [-0.05, 0) is 30.9 Å². The van der Waals surface area contributed by atoms with E-state index in [1.807, 2.05) is 23.1 Å². The second-order valence-electron chi connectivity index (χ2n) is 4.62. The number of benzene rings is 1. The van der Waals surface area contributed by atoms with E-state index < -0.39 is 0 Å². The van der Waals surface area contributed by atoms with E-state index in [0.717, 1.165) is 37.9 Å². The van der Waals surface area contributed by atoms with Crippen LogP contribution in [0.3, 0.4) is 0 Å². The van der Waals surface area contributed by atoms with Crippen LogP contribution in [0.4, 0.5) is 5.69 Å². The van der Waals surface area contributed by atoms with Crippen LogP contribution in [0.2, 0.25) is 0 Å². The molecule has 1 aromatic rings. The van der Waals surface area contributed by atoms with Gasteiger partial charge in [-0.15, -0.1) is 0 Å². The number of hydrogen-bond acceptors (Lipinski definition) is 2. The Morgan fingerprint density at radius 1 is 1.41 bits per heavy atom. The van der Waals surface area contributed by atoms with E-state index in [4.69, 9.17) is 5.73 Å². The molecule has 1 heterocycles. The number of carbonyl (C=O) groups excluding carboxylic acids is 1. The van der Waals surface area contributed by atoms with Gasteiger partial charge in [0, 0.05) is 12.2 Å². The molecule has 3 nitrogen and oxygen atoms in total. The van der Waals surface area contributed by atoms with E-state index in [9.17, 15) is 4.79 Å².